The Balaban J connectivity index is 1.94. The number of carbonyl (C=O) groups excluding carboxylic acids is 2. The van der Waals surface area contributed by atoms with Gasteiger partial charge in [-0.15, -0.1) is 0 Å². The van der Waals surface area contributed by atoms with Crippen molar-refractivity contribution < 1.29 is 14.0 Å². The number of fused-ring (bicyclic) bond motifs is 1. The molecule has 0 spiro atoms. The van der Waals surface area contributed by atoms with E-state index in [9.17, 15) is 9.59 Å². The van der Waals surface area contributed by atoms with Gasteiger partial charge in [0.25, 0.3) is 0 Å². The number of hydrogen-bond acceptors (Lipinski definition) is 4. The highest BCUT2D eigenvalue weighted by Crippen LogP contribution is 2.33. The minimum atomic E-state index is -0.408. The van der Waals surface area contributed by atoms with Crippen molar-refractivity contribution in [1.29, 1.82) is 0 Å². The van der Waals surface area contributed by atoms with E-state index in [0.717, 1.165) is 12.8 Å². The number of nitrogens with zero attached hydrogens (tertiary/aromatic N) is 3. The summed E-state index contributed by atoms with van der Waals surface area (Å²) in [5.41, 5.74) is 0. The lowest BCUT2D eigenvalue weighted by atomic mass is 10.0. The fourth-order valence-electron chi connectivity index (χ4n) is 3.44. The van der Waals surface area contributed by atoms with Crippen LogP contribution >= 0.6 is 0 Å². The van der Waals surface area contributed by atoms with Crippen LogP contribution in [0.15, 0.2) is 10.6 Å². The predicted molar refractivity (Wildman–Crippen MR) is 75.3 cm³/mol. The van der Waals surface area contributed by atoms with Gasteiger partial charge in [-0.3, -0.25) is 9.59 Å². The maximum atomic E-state index is 12.8. The molecule has 0 radical (unpaired) electrons. The van der Waals surface area contributed by atoms with Gasteiger partial charge in [0.15, 0.2) is 0 Å². The van der Waals surface area contributed by atoms with Crippen LogP contribution in [0.1, 0.15) is 50.8 Å². The molecule has 6 nitrogen and oxygen atoms in total. The maximum absolute atomic E-state index is 12.8. The summed E-state index contributed by atoms with van der Waals surface area (Å²) in [6.45, 7) is 6.34. The third kappa shape index (κ3) is 2.13. The Hall–Kier alpha value is -1.85. The quantitative estimate of drug-likeness (QED) is 0.849. The molecule has 0 aromatic carbocycles. The first-order valence-electron chi connectivity index (χ1n) is 7.59. The third-order valence-electron chi connectivity index (χ3n) is 4.50. The summed E-state index contributed by atoms with van der Waals surface area (Å²) in [6, 6.07) is -1.02. The fourth-order valence-corrected chi connectivity index (χ4v) is 3.44. The Kier molecular flexibility index (Phi) is 3.47. The first-order valence-corrected chi connectivity index (χ1v) is 7.59. The van der Waals surface area contributed by atoms with E-state index in [0.29, 0.717) is 24.6 Å². The van der Waals surface area contributed by atoms with Gasteiger partial charge in [0.1, 0.15) is 23.9 Å². The molecule has 2 aliphatic rings. The summed E-state index contributed by atoms with van der Waals surface area (Å²) >= 11 is 0. The van der Waals surface area contributed by atoms with Crippen molar-refractivity contribution in [3.8, 4) is 0 Å². The van der Waals surface area contributed by atoms with Gasteiger partial charge in [-0.2, -0.15) is 0 Å². The van der Waals surface area contributed by atoms with Crippen LogP contribution in [0.2, 0.25) is 0 Å². The molecule has 0 saturated carbocycles. The molecule has 1 aromatic rings. The Morgan fingerprint density at radius 2 is 2.19 bits per heavy atom. The highest BCUT2D eigenvalue weighted by Gasteiger charge is 2.49. The molecule has 1 aromatic heterocycles. The Morgan fingerprint density at radius 3 is 2.81 bits per heavy atom. The highest BCUT2D eigenvalue weighted by atomic mass is 16.4. The summed E-state index contributed by atoms with van der Waals surface area (Å²) < 4.78 is 5.56. The van der Waals surface area contributed by atoms with E-state index in [-0.39, 0.29) is 23.9 Å². The molecule has 0 bridgehead atoms. The number of carbonyl (C=O) groups is 2. The van der Waals surface area contributed by atoms with E-state index in [4.69, 9.17) is 4.42 Å². The van der Waals surface area contributed by atoms with E-state index in [1.165, 1.54) is 0 Å². The van der Waals surface area contributed by atoms with E-state index >= 15 is 0 Å². The van der Waals surface area contributed by atoms with Crippen LogP contribution in [0.5, 0.6) is 0 Å². The van der Waals surface area contributed by atoms with Crippen LogP contribution in [0.4, 0.5) is 0 Å². The molecule has 3 rings (SSSR count). The lowest BCUT2D eigenvalue weighted by Gasteiger charge is -2.44. The second kappa shape index (κ2) is 5.16. The van der Waals surface area contributed by atoms with Gasteiger partial charge < -0.3 is 14.2 Å². The largest absolute Gasteiger partial charge is 0.444 e. The van der Waals surface area contributed by atoms with Crippen molar-refractivity contribution in [1.82, 2.24) is 14.8 Å². The van der Waals surface area contributed by atoms with E-state index in [1.54, 1.807) is 16.0 Å². The summed E-state index contributed by atoms with van der Waals surface area (Å²) in [6.07, 6.45) is 3.91. The van der Waals surface area contributed by atoms with Crippen LogP contribution in [0.25, 0.3) is 0 Å². The van der Waals surface area contributed by atoms with Gasteiger partial charge in [0.2, 0.25) is 17.7 Å². The summed E-state index contributed by atoms with van der Waals surface area (Å²) in [7, 11) is 0. The Labute approximate surface area is 124 Å². The zero-order chi connectivity index (χ0) is 15.1. The molecule has 3 atom stereocenters. The molecule has 0 N–H and O–H groups in total. The van der Waals surface area contributed by atoms with E-state index in [1.807, 2.05) is 20.8 Å². The molecule has 3 heterocycles. The van der Waals surface area contributed by atoms with Crippen LogP contribution in [-0.2, 0) is 9.59 Å². The molecule has 2 fully saturated rings. The summed E-state index contributed by atoms with van der Waals surface area (Å²) in [4.78, 5) is 33.1. The van der Waals surface area contributed by atoms with Gasteiger partial charge in [-0.1, -0.05) is 6.92 Å². The summed E-state index contributed by atoms with van der Waals surface area (Å²) in [5.74, 6) is 1.30. The van der Waals surface area contributed by atoms with Crippen molar-refractivity contribution >= 4 is 11.8 Å². The average Bonchev–Trinajstić information content (AvgIpc) is 3.10. The van der Waals surface area contributed by atoms with Crippen LogP contribution in [-0.4, -0.2) is 45.2 Å². The van der Waals surface area contributed by atoms with Gasteiger partial charge in [-0.25, -0.2) is 4.98 Å². The number of hydrogen-bond donors (Lipinski definition) is 0. The zero-order valence-electron chi connectivity index (χ0n) is 12.7. The van der Waals surface area contributed by atoms with Gasteiger partial charge in [-0.05, 0) is 33.1 Å². The van der Waals surface area contributed by atoms with E-state index in [2.05, 4.69) is 4.98 Å². The molecule has 114 valence electrons. The molecule has 2 aliphatic heterocycles. The molecule has 21 heavy (non-hydrogen) atoms. The highest BCUT2D eigenvalue weighted by molar-refractivity contribution is 5.97. The minimum absolute atomic E-state index is 0.0299. The van der Waals surface area contributed by atoms with Gasteiger partial charge in [0, 0.05) is 6.54 Å². The maximum Gasteiger partial charge on any atom is 0.246 e. The first kappa shape index (κ1) is 14.1. The van der Waals surface area contributed by atoms with Crippen LogP contribution < -0.4 is 0 Å². The second-order valence-corrected chi connectivity index (χ2v) is 5.84. The molecular weight excluding hydrogens is 270 g/mol. The van der Waals surface area contributed by atoms with Crippen LogP contribution in [0.3, 0.4) is 0 Å². The molecule has 6 heteroatoms. The molecule has 0 aliphatic carbocycles. The summed E-state index contributed by atoms with van der Waals surface area (Å²) in [5, 5.41) is 0. The molecular formula is C15H21N3O3. The van der Waals surface area contributed by atoms with Crippen molar-refractivity contribution in [2.45, 2.75) is 58.2 Å². The first-order chi connectivity index (χ1) is 10.0. The number of rotatable bonds is 3. The van der Waals surface area contributed by atoms with E-state index < -0.39 is 6.04 Å². The molecule has 2 saturated heterocycles. The standard InChI is InChI=1S/C15H21N3O3/c1-4-11-14(19)17-7-5-6-12(17)15(20)18(11)10(3)13-16-8-9(2)21-13/h8,10-12H,4-7H2,1-3H3. The monoisotopic (exact) mass is 291 g/mol. The minimum Gasteiger partial charge on any atom is -0.444 e. The Morgan fingerprint density at radius 1 is 1.43 bits per heavy atom. The number of piperazine rings is 1. The fraction of sp³-hybridized carbons (Fsp3) is 0.667. The van der Waals surface area contributed by atoms with Gasteiger partial charge >= 0.3 is 0 Å². The lowest BCUT2D eigenvalue weighted by molar-refractivity contribution is -0.162. The van der Waals surface area contributed by atoms with Crippen LogP contribution in [0, 0.1) is 6.92 Å². The topological polar surface area (TPSA) is 66.7 Å². The number of aromatic nitrogens is 1. The average molecular weight is 291 g/mol. The Bertz CT molecular complexity index is 568. The smallest absolute Gasteiger partial charge is 0.246 e. The van der Waals surface area contributed by atoms with Crippen molar-refractivity contribution in [2.24, 2.45) is 0 Å². The predicted octanol–water partition coefficient (Wildman–Crippen LogP) is 1.66. The van der Waals surface area contributed by atoms with Crippen molar-refractivity contribution in [2.75, 3.05) is 6.54 Å². The third-order valence-corrected chi connectivity index (χ3v) is 4.50. The van der Waals surface area contributed by atoms with Crippen molar-refractivity contribution in [3.63, 3.8) is 0 Å². The number of amides is 2. The van der Waals surface area contributed by atoms with Gasteiger partial charge in [0.05, 0.1) is 6.20 Å². The molecule has 3 unspecified atom stereocenters. The SMILES string of the molecule is CCC1C(=O)N2CCCC2C(=O)N1C(C)c1ncc(C)o1. The number of oxazole rings is 1. The lowest BCUT2D eigenvalue weighted by Crippen LogP contribution is -2.62. The van der Waals surface area contributed by atoms with Crippen molar-refractivity contribution in [3.05, 3.63) is 17.8 Å². The zero-order valence-corrected chi connectivity index (χ0v) is 12.7. The second-order valence-electron chi connectivity index (χ2n) is 5.84. The normalized spacial score (nSPS) is 27.2. The number of aryl methyl sites for hydroxylation is 1. The molecule has 2 amide bonds.